The fourth-order valence-corrected chi connectivity index (χ4v) is 1.45. The van der Waals surface area contributed by atoms with Gasteiger partial charge in [0.2, 0.25) is 0 Å². The van der Waals surface area contributed by atoms with Crippen LogP contribution in [0, 0.1) is 13.8 Å². The summed E-state index contributed by atoms with van der Waals surface area (Å²) in [7, 11) is 0. The van der Waals surface area contributed by atoms with E-state index in [1.807, 2.05) is 32.0 Å². The monoisotopic (exact) mass is 180 g/mol. The van der Waals surface area contributed by atoms with Gasteiger partial charge in [-0.25, -0.2) is 0 Å². The van der Waals surface area contributed by atoms with E-state index in [1.54, 1.807) is 0 Å². The fourth-order valence-electron chi connectivity index (χ4n) is 1.45. The van der Waals surface area contributed by atoms with Crippen LogP contribution in [-0.4, -0.2) is 23.4 Å². The van der Waals surface area contributed by atoms with E-state index in [1.165, 1.54) is 0 Å². The third-order valence-electron chi connectivity index (χ3n) is 2.32. The molecule has 1 aromatic carbocycles. The number of rotatable bonds is 3. The third kappa shape index (κ3) is 2.29. The second-order valence-corrected chi connectivity index (χ2v) is 3.42. The van der Waals surface area contributed by atoms with Crippen molar-refractivity contribution in [1.29, 1.82) is 0 Å². The molecule has 0 aliphatic heterocycles. The summed E-state index contributed by atoms with van der Waals surface area (Å²) in [6, 6.07) is 6.07. The van der Waals surface area contributed by atoms with Gasteiger partial charge >= 0.3 is 0 Å². The largest absolute Gasteiger partial charge is 0.396 e. The molecule has 13 heavy (non-hydrogen) atoms. The van der Waals surface area contributed by atoms with Gasteiger partial charge in [-0.15, -0.1) is 0 Å². The fraction of sp³-hybridized carbons (Fsp3) is 0.455. The minimum Gasteiger partial charge on any atom is -0.396 e. The molecule has 0 amide bonds. The molecule has 0 fully saturated rings. The molecule has 0 aliphatic carbocycles. The van der Waals surface area contributed by atoms with Gasteiger partial charge < -0.3 is 10.2 Å². The molecule has 0 bridgehead atoms. The lowest BCUT2D eigenvalue weighted by Gasteiger charge is -2.14. The van der Waals surface area contributed by atoms with E-state index in [0.29, 0.717) is 0 Å². The van der Waals surface area contributed by atoms with Gasteiger partial charge in [0.15, 0.2) is 0 Å². The van der Waals surface area contributed by atoms with Gasteiger partial charge in [-0.2, -0.15) is 0 Å². The maximum Gasteiger partial charge on any atom is 0.0521 e. The Labute approximate surface area is 78.8 Å². The van der Waals surface area contributed by atoms with E-state index in [0.717, 1.165) is 16.7 Å². The summed E-state index contributed by atoms with van der Waals surface area (Å²) in [5.74, 6) is -0.139. The van der Waals surface area contributed by atoms with Crippen LogP contribution in [0.15, 0.2) is 18.2 Å². The van der Waals surface area contributed by atoms with Crippen molar-refractivity contribution in [3.05, 3.63) is 34.9 Å². The summed E-state index contributed by atoms with van der Waals surface area (Å²) >= 11 is 0. The van der Waals surface area contributed by atoms with Crippen molar-refractivity contribution in [1.82, 2.24) is 0 Å². The van der Waals surface area contributed by atoms with Gasteiger partial charge in [-0.3, -0.25) is 0 Å². The Morgan fingerprint density at radius 3 is 2.31 bits per heavy atom. The molecule has 0 unspecified atom stereocenters. The van der Waals surface area contributed by atoms with E-state index in [-0.39, 0.29) is 19.1 Å². The lowest BCUT2D eigenvalue weighted by molar-refractivity contribution is 0.192. The van der Waals surface area contributed by atoms with Crippen molar-refractivity contribution in [3.63, 3.8) is 0 Å². The second kappa shape index (κ2) is 4.40. The van der Waals surface area contributed by atoms with Crippen LogP contribution in [-0.2, 0) is 0 Å². The molecule has 0 aromatic heterocycles. The number of hydrogen-bond donors (Lipinski definition) is 2. The summed E-state index contributed by atoms with van der Waals surface area (Å²) < 4.78 is 0. The highest BCUT2D eigenvalue weighted by atomic mass is 16.3. The SMILES string of the molecule is Cc1ccc(C)c(C(CO)CO)c1. The van der Waals surface area contributed by atoms with Crippen LogP contribution < -0.4 is 0 Å². The highest BCUT2D eigenvalue weighted by molar-refractivity contribution is 5.33. The zero-order chi connectivity index (χ0) is 9.84. The highest BCUT2D eigenvalue weighted by Gasteiger charge is 2.11. The summed E-state index contributed by atoms with van der Waals surface area (Å²) in [6.45, 7) is 4.00. The first-order valence-corrected chi connectivity index (χ1v) is 4.48. The van der Waals surface area contributed by atoms with Crippen LogP contribution in [0.5, 0.6) is 0 Å². The van der Waals surface area contributed by atoms with Crippen LogP contribution in [0.1, 0.15) is 22.6 Å². The van der Waals surface area contributed by atoms with Gasteiger partial charge in [-0.1, -0.05) is 23.8 Å². The maximum atomic E-state index is 9.03. The van der Waals surface area contributed by atoms with Crippen molar-refractivity contribution in [2.24, 2.45) is 0 Å². The molecule has 72 valence electrons. The minimum absolute atomic E-state index is 0.000787. The Morgan fingerprint density at radius 1 is 1.15 bits per heavy atom. The van der Waals surface area contributed by atoms with Crippen LogP contribution >= 0.6 is 0 Å². The molecular formula is C11H16O2. The Kier molecular flexibility index (Phi) is 3.46. The molecule has 1 rings (SSSR count). The number of hydrogen-bond acceptors (Lipinski definition) is 2. The molecule has 0 radical (unpaired) electrons. The van der Waals surface area contributed by atoms with Crippen molar-refractivity contribution < 1.29 is 10.2 Å². The smallest absolute Gasteiger partial charge is 0.0521 e. The summed E-state index contributed by atoms with van der Waals surface area (Å²) in [5, 5.41) is 18.1. The first-order chi connectivity index (χ1) is 6.19. The summed E-state index contributed by atoms with van der Waals surface area (Å²) in [4.78, 5) is 0. The molecule has 2 N–H and O–H groups in total. The lowest BCUT2D eigenvalue weighted by atomic mass is 9.94. The maximum absolute atomic E-state index is 9.03. The predicted molar refractivity (Wildman–Crippen MR) is 52.8 cm³/mol. The van der Waals surface area contributed by atoms with E-state index in [4.69, 9.17) is 10.2 Å². The topological polar surface area (TPSA) is 40.5 Å². The van der Waals surface area contributed by atoms with E-state index in [9.17, 15) is 0 Å². The van der Waals surface area contributed by atoms with Crippen LogP contribution in [0.3, 0.4) is 0 Å². The normalized spacial score (nSPS) is 10.8. The zero-order valence-corrected chi connectivity index (χ0v) is 8.12. The number of aryl methyl sites for hydroxylation is 2. The van der Waals surface area contributed by atoms with E-state index in [2.05, 4.69) is 0 Å². The summed E-state index contributed by atoms with van der Waals surface area (Å²) in [5.41, 5.74) is 3.33. The molecule has 0 saturated carbocycles. The molecule has 2 heteroatoms. The van der Waals surface area contributed by atoms with Crippen molar-refractivity contribution in [2.75, 3.05) is 13.2 Å². The number of aliphatic hydroxyl groups is 2. The Balaban J connectivity index is 3.03. The van der Waals surface area contributed by atoms with Gasteiger partial charge in [0.05, 0.1) is 13.2 Å². The molecule has 0 saturated heterocycles. The lowest BCUT2D eigenvalue weighted by Crippen LogP contribution is -2.10. The number of benzene rings is 1. The van der Waals surface area contributed by atoms with Crippen LogP contribution in [0.4, 0.5) is 0 Å². The van der Waals surface area contributed by atoms with Crippen LogP contribution in [0.2, 0.25) is 0 Å². The number of aliphatic hydroxyl groups excluding tert-OH is 2. The van der Waals surface area contributed by atoms with Crippen molar-refractivity contribution in [3.8, 4) is 0 Å². The Morgan fingerprint density at radius 2 is 1.77 bits per heavy atom. The molecule has 0 atom stereocenters. The quantitative estimate of drug-likeness (QED) is 0.737. The standard InChI is InChI=1S/C11H16O2/c1-8-3-4-9(2)11(5-8)10(6-12)7-13/h3-5,10,12-13H,6-7H2,1-2H3. The first-order valence-electron chi connectivity index (χ1n) is 4.48. The molecule has 0 aliphatic rings. The van der Waals surface area contributed by atoms with Gasteiger partial charge in [0, 0.05) is 5.92 Å². The predicted octanol–water partition coefficient (Wildman–Crippen LogP) is 1.37. The van der Waals surface area contributed by atoms with Crippen LogP contribution in [0.25, 0.3) is 0 Å². The Hall–Kier alpha value is -0.860. The van der Waals surface area contributed by atoms with Crippen molar-refractivity contribution >= 4 is 0 Å². The van der Waals surface area contributed by atoms with Crippen molar-refractivity contribution in [2.45, 2.75) is 19.8 Å². The summed E-state index contributed by atoms with van der Waals surface area (Å²) in [6.07, 6.45) is 0. The minimum atomic E-state index is -0.139. The molecule has 2 nitrogen and oxygen atoms in total. The zero-order valence-electron chi connectivity index (χ0n) is 8.12. The first kappa shape index (κ1) is 10.2. The average Bonchev–Trinajstić information content (AvgIpc) is 2.13. The Bertz CT molecular complexity index is 277. The van der Waals surface area contributed by atoms with Gasteiger partial charge in [-0.05, 0) is 25.0 Å². The van der Waals surface area contributed by atoms with E-state index >= 15 is 0 Å². The van der Waals surface area contributed by atoms with Gasteiger partial charge in [0.25, 0.3) is 0 Å². The average molecular weight is 180 g/mol. The third-order valence-corrected chi connectivity index (χ3v) is 2.32. The van der Waals surface area contributed by atoms with E-state index < -0.39 is 0 Å². The molecular weight excluding hydrogens is 164 g/mol. The highest BCUT2D eigenvalue weighted by Crippen LogP contribution is 2.20. The molecule has 0 spiro atoms. The molecule has 1 aromatic rings. The van der Waals surface area contributed by atoms with Gasteiger partial charge in [0.1, 0.15) is 0 Å². The molecule has 0 heterocycles. The second-order valence-electron chi connectivity index (χ2n) is 3.42.